The zero-order chi connectivity index (χ0) is 14.1. The van der Waals surface area contributed by atoms with E-state index < -0.39 is 0 Å². The fourth-order valence-electron chi connectivity index (χ4n) is 1.37. The number of nitrogen functional groups attached to an aromatic ring is 1. The summed E-state index contributed by atoms with van der Waals surface area (Å²) >= 11 is 0. The van der Waals surface area contributed by atoms with E-state index in [1.54, 1.807) is 24.3 Å². The van der Waals surface area contributed by atoms with Gasteiger partial charge in [-0.2, -0.15) is 0 Å². The molecule has 0 bridgehead atoms. The first-order valence-electron chi connectivity index (χ1n) is 5.93. The molecule has 0 aliphatic heterocycles. The maximum Gasteiger partial charge on any atom is 0.305 e. The van der Waals surface area contributed by atoms with E-state index in [0.717, 1.165) is 0 Å². The molecule has 0 saturated heterocycles. The Morgan fingerprint density at radius 3 is 2.84 bits per heavy atom. The van der Waals surface area contributed by atoms with Crippen LogP contribution in [0.5, 0.6) is 5.75 Å². The van der Waals surface area contributed by atoms with Crippen LogP contribution in [0, 0.1) is 0 Å². The Kier molecular flexibility index (Phi) is 6.21. The van der Waals surface area contributed by atoms with Gasteiger partial charge in [0.2, 0.25) is 0 Å². The monoisotopic (exact) mass is 266 g/mol. The van der Waals surface area contributed by atoms with Crippen molar-refractivity contribution in [3.05, 3.63) is 24.3 Å². The van der Waals surface area contributed by atoms with Gasteiger partial charge in [0.05, 0.1) is 7.11 Å². The molecule has 0 aliphatic carbocycles. The van der Waals surface area contributed by atoms with Gasteiger partial charge in [-0.25, -0.2) is 0 Å². The Balaban J connectivity index is 2.16. The van der Waals surface area contributed by atoms with Crippen LogP contribution < -0.4 is 15.8 Å². The average molecular weight is 266 g/mol. The highest BCUT2D eigenvalue weighted by Crippen LogP contribution is 2.13. The van der Waals surface area contributed by atoms with Gasteiger partial charge in [0.1, 0.15) is 5.75 Å². The molecular formula is C13H18N2O4. The summed E-state index contributed by atoms with van der Waals surface area (Å²) in [5.41, 5.74) is 6.16. The minimum absolute atomic E-state index is 0.0817. The van der Waals surface area contributed by atoms with Crippen LogP contribution in [0.25, 0.3) is 0 Å². The van der Waals surface area contributed by atoms with E-state index >= 15 is 0 Å². The van der Waals surface area contributed by atoms with E-state index in [4.69, 9.17) is 10.5 Å². The van der Waals surface area contributed by atoms with E-state index in [9.17, 15) is 9.59 Å². The Hall–Kier alpha value is -2.24. The van der Waals surface area contributed by atoms with Crippen molar-refractivity contribution in [2.45, 2.75) is 12.8 Å². The largest absolute Gasteiger partial charge is 0.484 e. The van der Waals surface area contributed by atoms with Crippen LogP contribution in [0.1, 0.15) is 12.8 Å². The van der Waals surface area contributed by atoms with Crippen molar-refractivity contribution in [1.29, 1.82) is 0 Å². The number of methoxy groups -OCH3 is 1. The number of hydrogen-bond acceptors (Lipinski definition) is 5. The third-order valence-electron chi connectivity index (χ3n) is 2.34. The lowest BCUT2D eigenvalue weighted by molar-refractivity contribution is -0.140. The van der Waals surface area contributed by atoms with Crippen molar-refractivity contribution in [3.8, 4) is 5.75 Å². The molecule has 1 amide bonds. The molecule has 0 aliphatic rings. The van der Waals surface area contributed by atoms with E-state index in [1.807, 2.05) is 0 Å². The predicted octanol–water partition coefficient (Wildman–Crippen LogP) is 0.717. The molecule has 1 rings (SSSR count). The molecule has 6 heteroatoms. The molecule has 0 aromatic heterocycles. The first kappa shape index (κ1) is 14.8. The SMILES string of the molecule is COC(=O)CCCNC(=O)COc1cccc(N)c1. The van der Waals surface area contributed by atoms with E-state index in [-0.39, 0.29) is 24.9 Å². The van der Waals surface area contributed by atoms with Gasteiger partial charge in [-0.05, 0) is 18.6 Å². The lowest BCUT2D eigenvalue weighted by Crippen LogP contribution is -2.30. The second-order valence-corrected chi connectivity index (χ2v) is 3.89. The first-order chi connectivity index (χ1) is 9.11. The number of esters is 1. The van der Waals surface area contributed by atoms with Gasteiger partial charge < -0.3 is 20.5 Å². The first-order valence-corrected chi connectivity index (χ1v) is 5.93. The topological polar surface area (TPSA) is 90.6 Å². The molecule has 0 fully saturated rings. The standard InChI is InChI=1S/C13H18N2O4/c1-18-13(17)6-3-7-15-12(16)9-19-11-5-2-4-10(14)8-11/h2,4-5,8H,3,6-7,9,14H2,1H3,(H,15,16). The van der Waals surface area contributed by atoms with Crippen LogP contribution in [-0.2, 0) is 14.3 Å². The third-order valence-corrected chi connectivity index (χ3v) is 2.34. The summed E-state index contributed by atoms with van der Waals surface area (Å²) in [5.74, 6) is 0.0160. The minimum Gasteiger partial charge on any atom is -0.484 e. The van der Waals surface area contributed by atoms with Gasteiger partial charge in [-0.15, -0.1) is 0 Å². The number of carbonyl (C=O) groups is 2. The van der Waals surface area contributed by atoms with Crippen molar-refractivity contribution >= 4 is 17.6 Å². The molecule has 1 aromatic rings. The zero-order valence-corrected chi connectivity index (χ0v) is 10.8. The van der Waals surface area contributed by atoms with Crippen LogP contribution >= 0.6 is 0 Å². The number of amides is 1. The van der Waals surface area contributed by atoms with Crippen molar-refractivity contribution in [2.75, 3.05) is 26.0 Å². The fraction of sp³-hybridized carbons (Fsp3) is 0.385. The van der Waals surface area contributed by atoms with Gasteiger partial charge in [0.15, 0.2) is 6.61 Å². The molecule has 0 saturated carbocycles. The molecule has 0 spiro atoms. The lowest BCUT2D eigenvalue weighted by atomic mass is 10.3. The number of ether oxygens (including phenoxy) is 2. The van der Waals surface area contributed by atoms with Gasteiger partial charge in [0.25, 0.3) is 5.91 Å². The Labute approximate surface area is 111 Å². The summed E-state index contributed by atoms with van der Waals surface area (Å²) in [6, 6.07) is 6.85. The maximum absolute atomic E-state index is 11.4. The molecule has 1 aromatic carbocycles. The van der Waals surface area contributed by atoms with E-state index in [1.165, 1.54) is 7.11 Å². The van der Waals surface area contributed by atoms with Crippen molar-refractivity contribution < 1.29 is 19.1 Å². The van der Waals surface area contributed by atoms with Gasteiger partial charge in [-0.1, -0.05) is 6.07 Å². The summed E-state index contributed by atoms with van der Waals surface area (Å²) in [5, 5.41) is 2.64. The normalized spacial score (nSPS) is 9.74. The summed E-state index contributed by atoms with van der Waals surface area (Å²) in [6.45, 7) is 0.329. The number of carbonyl (C=O) groups excluding carboxylic acids is 2. The molecular weight excluding hydrogens is 248 g/mol. The minimum atomic E-state index is -0.287. The molecule has 0 heterocycles. The number of anilines is 1. The zero-order valence-electron chi connectivity index (χ0n) is 10.8. The van der Waals surface area contributed by atoms with Crippen molar-refractivity contribution in [1.82, 2.24) is 5.32 Å². The smallest absolute Gasteiger partial charge is 0.305 e. The highest BCUT2D eigenvalue weighted by atomic mass is 16.5. The Bertz CT molecular complexity index is 434. The number of rotatable bonds is 7. The summed E-state index contributed by atoms with van der Waals surface area (Å²) in [4.78, 5) is 22.3. The van der Waals surface area contributed by atoms with Crippen LogP contribution in [0.3, 0.4) is 0 Å². The third kappa shape index (κ3) is 6.30. The molecule has 6 nitrogen and oxygen atoms in total. The van der Waals surface area contributed by atoms with Gasteiger partial charge >= 0.3 is 5.97 Å². The predicted molar refractivity (Wildman–Crippen MR) is 70.6 cm³/mol. The molecule has 0 unspecified atom stereocenters. The summed E-state index contributed by atoms with van der Waals surface area (Å²) in [6.07, 6.45) is 0.823. The second-order valence-electron chi connectivity index (χ2n) is 3.89. The molecule has 19 heavy (non-hydrogen) atoms. The second kappa shape index (κ2) is 7.97. The van der Waals surface area contributed by atoms with Crippen molar-refractivity contribution in [2.24, 2.45) is 0 Å². The summed E-state index contributed by atoms with van der Waals surface area (Å²) < 4.78 is 9.75. The molecule has 3 N–H and O–H groups in total. The van der Waals surface area contributed by atoms with Crippen LogP contribution in [0.2, 0.25) is 0 Å². The Morgan fingerprint density at radius 1 is 1.37 bits per heavy atom. The van der Waals surface area contributed by atoms with Crippen LogP contribution in [-0.4, -0.2) is 32.1 Å². The summed E-state index contributed by atoms with van der Waals surface area (Å²) in [7, 11) is 1.33. The molecule has 0 radical (unpaired) electrons. The molecule has 104 valence electrons. The molecule has 0 atom stereocenters. The van der Waals surface area contributed by atoms with E-state index in [0.29, 0.717) is 24.4 Å². The highest BCUT2D eigenvalue weighted by molar-refractivity contribution is 5.77. The fourth-order valence-corrected chi connectivity index (χ4v) is 1.37. The number of benzene rings is 1. The quantitative estimate of drug-likeness (QED) is 0.431. The van der Waals surface area contributed by atoms with Gasteiger partial charge in [-0.3, -0.25) is 9.59 Å². The highest BCUT2D eigenvalue weighted by Gasteiger charge is 2.04. The van der Waals surface area contributed by atoms with Crippen molar-refractivity contribution in [3.63, 3.8) is 0 Å². The van der Waals surface area contributed by atoms with Crippen LogP contribution in [0.15, 0.2) is 24.3 Å². The Morgan fingerprint density at radius 2 is 2.16 bits per heavy atom. The number of nitrogens with one attached hydrogen (secondary N) is 1. The number of hydrogen-bond donors (Lipinski definition) is 2. The lowest BCUT2D eigenvalue weighted by Gasteiger charge is -2.07. The van der Waals surface area contributed by atoms with E-state index in [2.05, 4.69) is 10.1 Å². The average Bonchev–Trinajstić information content (AvgIpc) is 2.41. The number of nitrogens with two attached hydrogens (primary N) is 1. The van der Waals surface area contributed by atoms with Crippen LogP contribution in [0.4, 0.5) is 5.69 Å². The van der Waals surface area contributed by atoms with Gasteiger partial charge in [0, 0.05) is 24.7 Å². The maximum atomic E-state index is 11.4.